The molecule has 0 spiro atoms. The second-order valence-electron chi connectivity index (χ2n) is 8.95. The van der Waals surface area contributed by atoms with Crippen LogP contribution in [0.15, 0.2) is 47.5 Å². The molecule has 0 unspecified atom stereocenters. The predicted octanol–water partition coefficient (Wildman–Crippen LogP) is 4.40. The van der Waals surface area contributed by atoms with Gasteiger partial charge in [-0.3, -0.25) is 0 Å². The van der Waals surface area contributed by atoms with Gasteiger partial charge in [-0.1, -0.05) is 23.2 Å². The van der Waals surface area contributed by atoms with Gasteiger partial charge in [0.15, 0.2) is 0 Å². The van der Waals surface area contributed by atoms with Crippen LogP contribution < -0.4 is 9.46 Å². The minimum atomic E-state index is -3.58. The van der Waals surface area contributed by atoms with E-state index >= 15 is 0 Å². The van der Waals surface area contributed by atoms with Gasteiger partial charge >= 0.3 is 0 Å². The van der Waals surface area contributed by atoms with Crippen LogP contribution in [0.1, 0.15) is 18.4 Å². The van der Waals surface area contributed by atoms with Gasteiger partial charge in [0.05, 0.1) is 21.5 Å². The van der Waals surface area contributed by atoms with Crippen molar-refractivity contribution in [1.29, 1.82) is 0 Å². The zero-order valence-electron chi connectivity index (χ0n) is 19.9. The first-order valence-corrected chi connectivity index (χ1v) is 14.1. The van der Waals surface area contributed by atoms with E-state index in [0.717, 1.165) is 55.6 Å². The largest absolute Gasteiger partial charge is 0.494 e. The molecule has 1 aliphatic rings. The summed E-state index contributed by atoms with van der Waals surface area (Å²) in [6, 6.07) is 10.2. The monoisotopic (exact) mass is 538 g/mol. The molecule has 0 atom stereocenters. The number of sulfonamides is 1. The molecule has 190 valence electrons. The van der Waals surface area contributed by atoms with Gasteiger partial charge in [-0.15, -0.1) is 0 Å². The Morgan fingerprint density at radius 1 is 1.03 bits per heavy atom. The van der Waals surface area contributed by atoms with Crippen LogP contribution in [0.3, 0.4) is 0 Å². The van der Waals surface area contributed by atoms with Gasteiger partial charge in [-0.25, -0.2) is 13.1 Å². The van der Waals surface area contributed by atoms with Gasteiger partial charge in [-0.05, 0) is 68.3 Å². The van der Waals surface area contributed by atoms with Crippen LogP contribution in [0.2, 0.25) is 10.0 Å². The second-order valence-corrected chi connectivity index (χ2v) is 11.5. The molecule has 2 heterocycles. The molecule has 7 nitrogen and oxygen atoms in total. The number of piperazine rings is 1. The molecule has 1 fully saturated rings. The third-order valence-electron chi connectivity index (χ3n) is 6.34. The number of benzene rings is 2. The fourth-order valence-electron chi connectivity index (χ4n) is 4.21. The van der Waals surface area contributed by atoms with E-state index in [-0.39, 0.29) is 4.90 Å². The summed E-state index contributed by atoms with van der Waals surface area (Å²) in [6.45, 7) is 6.38. The number of aromatic amines is 1. The fourth-order valence-corrected chi connectivity index (χ4v) is 5.62. The van der Waals surface area contributed by atoms with E-state index in [4.69, 9.17) is 27.9 Å². The first-order valence-electron chi connectivity index (χ1n) is 11.9. The number of halogens is 2. The molecule has 2 aromatic carbocycles. The number of hydrogen-bond acceptors (Lipinski definition) is 5. The van der Waals surface area contributed by atoms with Gasteiger partial charge in [0.25, 0.3) is 0 Å². The highest BCUT2D eigenvalue weighted by Crippen LogP contribution is 2.29. The average molecular weight is 540 g/mol. The van der Waals surface area contributed by atoms with Crippen molar-refractivity contribution >= 4 is 44.1 Å². The Labute approximate surface area is 217 Å². The summed E-state index contributed by atoms with van der Waals surface area (Å²) >= 11 is 12.2. The Hall–Kier alpha value is -1.81. The van der Waals surface area contributed by atoms with Gasteiger partial charge < -0.3 is 19.5 Å². The number of fused-ring (bicyclic) bond motifs is 1. The summed E-state index contributed by atoms with van der Waals surface area (Å²) in [5, 5.41) is 2.01. The summed E-state index contributed by atoms with van der Waals surface area (Å²) in [7, 11) is -1.43. The van der Waals surface area contributed by atoms with E-state index in [1.807, 2.05) is 12.3 Å². The zero-order chi connectivity index (χ0) is 24.8. The molecule has 3 aromatic rings. The number of nitrogens with zero attached hydrogens (tertiary/aromatic N) is 2. The van der Waals surface area contributed by atoms with Crippen molar-refractivity contribution in [3.05, 3.63) is 58.2 Å². The standard InChI is InChI=1S/C25H32Cl2N4O3S/c1-30-11-13-31(14-12-30)10-3-15-34-20-5-7-21(8-6-20)35(32,33)29-9-2-4-19-18-28-25-17-24(27)23(26)16-22(19)25/h5-8,16-18,28-29H,2-4,9-15H2,1H3. The number of ether oxygens (including phenoxy) is 1. The highest BCUT2D eigenvalue weighted by atomic mass is 35.5. The second kappa shape index (κ2) is 12.0. The first kappa shape index (κ1) is 26.3. The lowest BCUT2D eigenvalue weighted by Crippen LogP contribution is -2.44. The molecular weight excluding hydrogens is 507 g/mol. The molecule has 1 aliphatic heterocycles. The lowest BCUT2D eigenvalue weighted by atomic mass is 10.1. The fraction of sp³-hybridized carbons (Fsp3) is 0.440. The quantitative estimate of drug-likeness (QED) is 0.353. The van der Waals surface area contributed by atoms with E-state index in [1.54, 1.807) is 30.3 Å². The highest BCUT2D eigenvalue weighted by Gasteiger charge is 2.15. The third kappa shape index (κ3) is 7.12. The Morgan fingerprint density at radius 2 is 1.74 bits per heavy atom. The summed E-state index contributed by atoms with van der Waals surface area (Å²) < 4.78 is 33.8. The molecule has 0 radical (unpaired) electrons. The molecule has 0 amide bonds. The molecule has 0 aliphatic carbocycles. The minimum Gasteiger partial charge on any atom is -0.494 e. The first-order chi connectivity index (χ1) is 16.8. The van der Waals surface area contributed by atoms with Crippen LogP contribution in [-0.2, 0) is 16.4 Å². The topological polar surface area (TPSA) is 77.7 Å². The molecule has 1 aromatic heterocycles. The molecule has 10 heteroatoms. The zero-order valence-corrected chi connectivity index (χ0v) is 22.2. The molecule has 4 rings (SSSR count). The van der Waals surface area contributed by atoms with Crippen molar-refractivity contribution in [2.45, 2.75) is 24.2 Å². The van der Waals surface area contributed by atoms with E-state index in [2.05, 4.69) is 26.6 Å². The summed E-state index contributed by atoms with van der Waals surface area (Å²) in [5.41, 5.74) is 1.99. The number of nitrogens with one attached hydrogen (secondary N) is 2. The Kier molecular flexibility index (Phi) is 8.97. The van der Waals surface area contributed by atoms with Crippen molar-refractivity contribution in [2.75, 3.05) is 52.9 Å². The van der Waals surface area contributed by atoms with Crippen LogP contribution in [0.5, 0.6) is 5.75 Å². The lowest BCUT2D eigenvalue weighted by Gasteiger charge is -2.32. The maximum Gasteiger partial charge on any atom is 0.240 e. The Bertz CT molecular complexity index is 1220. The minimum absolute atomic E-state index is 0.232. The van der Waals surface area contributed by atoms with E-state index in [1.165, 1.54) is 0 Å². The van der Waals surface area contributed by atoms with Crippen LogP contribution in [0, 0.1) is 0 Å². The summed E-state index contributed by atoms with van der Waals surface area (Å²) in [4.78, 5) is 8.21. The lowest BCUT2D eigenvalue weighted by molar-refractivity contribution is 0.145. The smallest absolute Gasteiger partial charge is 0.240 e. The van der Waals surface area contributed by atoms with Crippen LogP contribution in [0.4, 0.5) is 0 Å². The van der Waals surface area contributed by atoms with Crippen LogP contribution in [-0.4, -0.2) is 76.1 Å². The number of hydrogen-bond donors (Lipinski definition) is 2. The van der Waals surface area contributed by atoms with E-state index in [0.29, 0.717) is 41.8 Å². The number of rotatable bonds is 11. The van der Waals surface area contributed by atoms with Gasteiger partial charge in [0.2, 0.25) is 10.0 Å². The molecule has 0 saturated carbocycles. The number of H-pyrrole nitrogens is 1. The molecule has 0 bridgehead atoms. The van der Waals surface area contributed by atoms with Crippen molar-refractivity contribution in [1.82, 2.24) is 19.5 Å². The molecular formula is C25H32Cl2N4O3S. The van der Waals surface area contributed by atoms with Gasteiger partial charge in [0.1, 0.15) is 5.75 Å². The number of likely N-dealkylation sites (N-methyl/N-ethyl adjacent to an activating group) is 1. The SMILES string of the molecule is CN1CCN(CCCOc2ccc(S(=O)(=O)NCCCc3c[nH]c4cc(Cl)c(Cl)cc34)cc2)CC1. The number of aromatic nitrogens is 1. The average Bonchev–Trinajstić information content (AvgIpc) is 3.22. The Balaban J connectivity index is 1.20. The van der Waals surface area contributed by atoms with Crippen molar-refractivity contribution in [3.8, 4) is 5.75 Å². The third-order valence-corrected chi connectivity index (χ3v) is 8.54. The molecule has 2 N–H and O–H groups in total. The highest BCUT2D eigenvalue weighted by molar-refractivity contribution is 7.89. The van der Waals surface area contributed by atoms with Gasteiger partial charge in [0, 0.05) is 56.4 Å². The Morgan fingerprint density at radius 3 is 2.49 bits per heavy atom. The van der Waals surface area contributed by atoms with Crippen LogP contribution in [0.25, 0.3) is 10.9 Å². The summed E-state index contributed by atoms with van der Waals surface area (Å²) in [5.74, 6) is 0.681. The maximum atomic E-state index is 12.7. The van der Waals surface area contributed by atoms with Crippen molar-refractivity contribution in [3.63, 3.8) is 0 Å². The normalized spacial score (nSPS) is 15.6. The predicted molar refractivity (Wildman–Crippen MR) is 142 cm³/mol. The van der Waals surface area contributed by atoms with Crippen LogP contribution >= 0.6 is 23.2 Å². The van der Waals surface area contributed by atoms with E-state index < -0.39 is 10.0 Å². The van der Waals surface area contributed by atoms with Crippen molar-refractivity contribution in [2.24, 2.45) is 0 Å². The van der Waals surface area contributed by atoms with E-state index in [9.17, 15) is 8.42 Å². The molecule has 35 heavy (non-hydrogen) atoms. The summed E-state index contributed by atoms with van der Waals surface area (Å²) in [6.07, 6.45) is 4.22. The molecule has 1 saturated heterocycles. The number of aryl methyl sites for hydroxylation is 1. The van der Waals surface area contributed by atoms with Crippen molar-refractivity contribution < 1.29 is 13.2 Å². The maximum absolute atomic E-state index is 12.7. The van der Waals surface area contributed by atoms with Gasteiger partial charge in [-0.2, -0.15) is 0 Å².